The van der Waals surface area contributed by atoms with Crippen molar-refractivity contribution in [3.8, 4) is 0 Å². The van der Waals surface area contributed by atoms with E-state index < -0.39 is 14.6 Å². The monoisotopic (exact) mass is 319 g/mol. The van der Waals surface area contributed by atoms with Gasteiger partial charge in [0.1, 0.15) is 0 Å². The van der Waals surface area contributed by atoms with E-state index in [4.69, 9.17) is 0 Å². The summed E-state index contributed by atoms with van der Waals surface area (Å²) in [6.07, 6.45) is 1.54. The Balaban J connectivity index is 2.10. The van der Waals surface area contributed by atoms with E-state index >= 15 is 0 Å². The predicted octanol–water partition coefficient (Wildman–Crippen LogP) is 2.97. The highest BCUT2D eigenvalue weighted by atomic mass is 32.2. The molecule has 2 rings (SSSR count). The lowest BCUT2D eigenvalue weighted by Gasteiger charge is -2.18. The summed E-state index contributed by atoms with van der Waals surface area (Å²) in [5, 5.41) is 3.28. The smallest absolute Gasteiger partial charge is 0.200 e. The second-order valence-corrected chi connectivity index (χ2v) is 8.77. The maximum Gasteiger partial charge on any atom is 0.200 e. The van der Waals surface area contributed by atoms with Crippen LogP contribution in [-0.4, -0.2) is 23.1 Å². The van der Waals surface area contributed by atoms with Crippen LogP contribution in [0.3, 0.4) is 0 Å². The number of pyridine rings is 2. The summed E-state index contributed by atoms with van der Waals surface area (Å²) in [6, 6.07) is 9.09. The van der Waals surface area contributed by atoms with Gasteiger partial charge in [0.2, 0.25) is 0 Å². The van der Waals surface area contributed by atoms with Gasteiger partial charge in [0.05, 0.1) is 28.9 Å². The molecule has 0 aliphatic carbocycles. The second-order valence-electron chi connectivity index (χ2n) is 6.12. The molecule has 0 aliphatic rings. The van der Waals surface area contributed by atoms with Crippen molar-refractivity contribution in [3.05, 3.63) is 47.9 Å². The van der Waals surface area contributed by atoms with E-state index in [9.17, 15) is 8.42 Å². The number of anilines is 1. The van der Waals surface area contributed by atoms with Gasteiger partial charge in [-0.1, -0.05) is 6.07 Å². The van der Waals surface area contributed by atoms with E-state index in [2.05, 4.69) is 15.3 Å². The third kappa shape index (κ3) is 3.62. The Bertz CT molecular complexity index is 748. The Labute approximate surface area is 131 Å². The number of aromatic nitrogens is 2. The van der Waals surface area contributed by atoms with Crippen LogP contribution in [0.4, 0.5) is 5.69 Å². The first kappa shape index (κ1) is 16.4. The summed E-state index contributed by atoms with van der Waals surface area (Å²) in [5.41, 5.74) is 2.64. The molecule has 0 spiro atoms. The first-order valence-electron chi connectivity index (χ1n) is 7.07. The zero-order valence-corrected chi connectivity index (χ0v) is 14.1. The lowest BCUT2D eigenvalue weighted by Crippen LogP contribution is -2.28. The van der Waals surface area contributed by atoms with Crippen LogP contribution in [0.5, 0.6) is 0 Å². The van der Waals surface area contributed by atoms with Crippen LogP contribution in [0.1, 0.15) is 32.2 Å². The molecular formula is C16H21N3O2S. The number of nitrogens with one attached hydrogen (secondary N) is 1. The van der Waals surface area contributed by atoms with Crippen molar-refractivity contribution in [2.75, 3.05) is 5.32 Å². The maximum absolute atomic E-state index is 12.3. The van der Waals surface area contributed by atoms with E-state index in [0.29, 0.717) is 6.54 Å². The van der Waals surface area contributed by atoms with Crippen LogP contribution in [0.2, 0.25) is 0 Å². The molecule has 0 aromatic carbocycles. The van der Waals surface area contributed by atoms with E-state index in [1.165, 1.54) is 12.3 Å². The molecule has 0 atom stereocenters. The van der Waals surface area contributed by atoms with Gasteiger partial charge in [-0.15, -0.1) is 0 Å². The zero-order chi connectivity index (χ0) is 16.4. The largest absolute Gasteiger partial charge is 0.378 e. The first-order valence-corrected chi connectivity index (χ1v) is 8.55. The number of sulfone groups is 1. The highest BCUT2D eigenvalue weighted by molar-refractivity contribution is 7.92. The van der Waals surface area contributed by atoms with E-state index in [1.54, 1.807) is 26.8 Å². The molecule has 5 nitrogen and oxygen atoms in total. The van der Waals surface area contributed by atoms with Gasteiger partial charge < -0.3 is 5.32 Å². The molecule has 2 heterocycles. The average molecular weight is 319 g/mol. The van der Waals surface area contributed by atoms with Gasteiger partial charge >= 0.3 is 0 Å². The van der Waals surface area contributed by atoms with Crippen LogP contribution >= 0.6 is 0 Å². The summed E-state index contributed by atoms with van der Waals surface area (Å²) in [5.74, 6) is 0. The standard InChI is InChI=1S/C16H21N3O2S/c1-12-6-5-7-14(19-12)11-17-13-8-9-15(18-10-13)22(20,21)16(2,3)4/h5-10,17H,11H2,1-4H3. The molecule has 1 N–H and O–H groups in total. The van der Waals surface area contributed by atoms with Crippen LogP contribution in [-0.2, 0) is 16.4 Å². The van der Waals surface area contributed by atoms with Crippen LogP contribution in [0.25, 0.3) is 0 Å². The topological polar surface area (TPSA) is 72.0 Å². The molecule has 118 valence electrons. The predicted molar refractivity (Wildman–Crippen MR) is 87.5 cm³/mol. The zero-order valence-electron chi connectivity index (χ0n) is 13.3. The number of hydrogen-bond acceptors (Lipinski definition) is 5. The van der Waals surface area contributed by atoms with E-state index in [-0.39, 0.29) is 5.03 Å². The SMILES string of the molecule is Cc1cccc(CNc2ccc(S(=O)(=O)C(C)(C)C)nc2)n1. The van der Waals surface area contributed by atoms with Crippen molar-refractivity contribution in [1.29, 1.82) is 0 Å². The molecule has 2 aromatic rings. The molecule has 0 saturated heterocycles. The Morgan fingerprint density at radius 2 is 1.86 bits per heavy atom. The molecule has 22 heavy (non-hydrogen) atoms. The maximum atomic E-state index is 12.3. The first-order chi connectivity index (χ1) is 10.2. The molecule has 0 fully saturated rings. The van der Waals surface area contributed by atoms with E-state index in [1.807, 2.05) is 25.1 Å². The summed E-state index contributed by atoms with van der Waals surface area (Å²) >= 11 is 0. The van der Waals surface area contributed by atoms with Crippen molar-refractivity contribution in [2.24, 2.45) is 0 Å². The molecule has 0 bridgehead atoms. The average Bonchev–Trinajstić information content (AvgIpc) is 2.44. The van der Waals surface area contributed by atoms with Gasteiger partial charge in [-0.3, -0.25) is 4.98 Å². The van der Waals surface area contributed by atoms with Crippen molar-refractivity contribution in [1.82, 2.24) is 9.97 Å². The van der Waals surface area contributed by atoms with Crippen molar-refractivity contribution < 1.29 is 8.42 Å². The molecule has 2 aromatic heterocycles. The van der Waals surface area contributed by atoms with Crippen LogP contribution in [0, 0.1) is 6.92 Å². The summed E-state index contributed by atoms with van der Waals surface area (Å²) in [6.45, 7) is 7.50. The van der Waals surface area contributed by atoms with Gasteiger partial charge in [-0.2, -0.15) is 0 Å². The number of nitrogens with zero attached hydrogens (tertiary/aromatic N) is 2. The number of rotatable bonds is 4. The minimum absolute atomic E-state index is 0.0965. The van der Waals surface area contributed by atoms with E-state index in [0.717, 1.165) is 17.1 Å². The molecule has 0 saturated carbocycles. The molecule has 0 amide bonds. The molecule has 0 aliphatic heterocycles. The van der Waals surface area contributed by atoms with Gasteiger partial charge in [0, 0.05) is 5.69 Å². The Kier molecular flexibility index (Phi) is 4.51. The van der Waals surface area contributed by atoms with Gasteiger partial charge in [0.25, 0.3) is 0 Å². The van der Waals surface area contributed by atoms with Crippen LogP contribution < -0.4 is 5.32 Å². The quantitative estimate of drug-likeness (QED) is 0.938. The van der Waals surface area contributed by atoms with Gasteiger partial charge in [-0.05, 0) is 52.0 Å². The normalized spacial score (nSPS) is 12.2. The fourth-order valence-electron chi connectivity index (χ4n) is 1.85. The number of hydrogen-bond donors (Lipinski definition) is 1. The summed E-state index contributed by atoms with van der Waals surface area (Å²) in [7, 11) is -3.42. The van der Waals surface area contributed by atoms with Crippen molar-refractivity contribution in [3.63, 3.8) is 0 Å². The summed E-state index contributed by atoms with van der Waals surface area (Å²) < 4.78 is 23.7. The minimum Gasteiger partial charge on any atom is -0.378 e. The molecule has 0 unspecified atom stereocenters. The Morgan fingerprint density at radius 3 is 2.41 bits per heavy atom. The third-order valence-corrected chi connectivity index (χ3v) is 5.64. The highest BCUT2D eigenvalue weighted by Crippen LogP contribution is 2.23. The van der Waals surface area contributed by atoms with Gasteiger partial charge in [-0.25, -0.2) is 13.4 Å². The lowest BCUT2D eigenvalue weighted by molar-refractivity contribution is 0.556. The van der Waals surface area contributed by atoms with Crippen molar-refractivity contribution >= 4 is 15.5 Å². The Morgan fingerprint density at radius 1 is 1.14 bits per heavy atom. The van der Waals surface area contributed by atoms with Gasteiger partial charge in [0.15, 0.2) is 14.9 Å². The van der Waals surface area contributed by atoms with Crippen molar-refractivity contribution in [2.45, 2.75) is 44.0 Å². The summed E-state index contributed by atoms with van der Waals surface area (Å²) in [4.78, 5) is 8.47. The minimum atomic E-state index is -3.42. The highest BCUT2D eigenvalue weighted by Gasteiger charge is 2.31. The lowest BCUT2D eigenvalue weighted by atomic mass is 10.3. The van der Waals surface area contributed by atoms with Crippen LogP contribution in [0.15, 0.2) is 41.6 Å². The molecular weight excluding hydrogens is 298 g/mol. The number of aryl methyl sites for hydroxylation is 1. The fourth-order valence-corrected chi connectivity index (χ4v) is 2.91. The molecule has 0 radical (unpaired) electrons. The fraction of sp³-hybridized carbons (Fsp3) is 0.375. The molecule has 6 heteroatoms. The second kappa shape index (κ2) is 6.04. The Hall–Kier alpha value is -1.95. The third-order valence-electron chi connectivity index (χ3n) is 3.24.